The number of rotatable bonds is 3. The first-order valence-electron chi connectivity index (χ1n) is 9.74. The molecule has 1 aliphatic rings. The van der Waals surface area contributed by atoms with Crippen LogP contribution in [0.3, 0.4) is 0 Å². The summed E-state index contributed by atoms with van der Waals surface area (Å²) in [5, 5.41) is 13.7. The van der Waals surface area contributed by atoms with Crippen LogP contribution >= 0.6 is 0 Å². The number of hydrogen-bond donors (Lipinski definition) is 2. The summed E-state index contributed by atoms with van der Waals surface area (Å²) in [6.07, 6.45) is 2.68. The summed E-state index contributed by atoms with van der Waals surface area (Å²) >= 11 is 0. The average molecular weight is 428 g/mol. The van der Waals surface area contributed by atoms with Gasteiger partial charge in [-0.1, -0.05) is 5.21 Å². The maximum Gasteiger partial charge on any atom is 0.272 e. The predicted molar refractivity (Wildman–Crippen MR) is 109 cm³/mol. The molecule has 0 bridgehead atoms. The SMILES string of the molecule is Cc1c2c(c(C(=O)Nc3ccc(F)c(F)c3)n1C)CCC(C)(c1cn(C)nn1)NC2=O. The highest BCUT2D eigenvalue weighted by Crippen LogP contribution is 2.33. The lowest BCUT2D eigenvalue weighted by atomic mass is 9.91. The number of nitrogens with zero attached hydrogens (tertiary/aromatic N) is 4. The van der Waals surface area contributed by atoms with E-state index in [0.717, 1.165) is 12.1 Å². The zero-order chi connectivity index (χ0) is 22.5. The smallest absolute Gasteiger partial charge is 0.272 e. The van der Waals surface area contributed by atoms with Crippen LogP contribution in [0.15, 0.2) is 24.4 Å². The van der Waals surface area contributed by atoms with Gasteiger partial charge in [-0.2, -0.15) is 0 Å². The van der Waals surface area contributed by atoms with E-state index in [1.54, 1.807) is 36.5 Å². The summed E-state index contributed by atoms with van der Waals surface area (Å²) in [4.78, 5) is 26.2. The molecule has 1 aliphatic heterocycles. The third-order valence-corrected chi connectivity index (χ3v) is 5.84. The van der Waals surface area contributed by atoms with E-state index in [2.05, 4.69) is 20.9 Å². The minimum Gasteiger partial charge on any atom is -0.343 e. The molecule has 3 heterocycles. The van der Waals surface area contributed by atoms with Crippen LogP contribution in [0.2, 0.25) is 0 Å². The number of hydrogen-bond acceptors (Lipinski definition) is 4. The van der Waals surface area contributed by atoms with Crippen molar-refractivity contribution in [1.82, 2.24) is 24.9 Å². The number of aryl methyl sites for hydroxylation is 1. The van der Waals surface area contributed by atoms with Crippen LogP contribution in [0.1, 0.15) is 51.1 Å². The van der Waals surface area contributed by atoms with Gasteiger partial charge in [0.1, 0.15) is 11.4 Å². The second kappa shape index (κ2) is 7.29. The standard InChI is InChI=1S/C21H22F2N6O2/c1-11-17-13(7-8-21(2,25-19(17)30)16-10-28(3)27-26-16)18(29(11)4)20(31)24-12-5-6-14(22)15(23)9-12/h5-6,9-10H,7-8H2,1-4H3,(H,24,31)(H,25,30). The predicted octanol–water partition coefficient (Wildman–Crippen LogP) is 2.58. The van der Waals surface area contributed by atoms with Crippen molar-refractivity contribution in [3.8, 4) is 0 Å². The molecule has 0 saturated carbocycles. The molecule has 1 atom stereocenters. The van der Waals surface area contributed by atoms with Crippen LogP contribution in [0.25, 0.3) is 0 Å². The summed E-state index contributed by atoms with van der Waals surface area (Å²) in [5.41, 5.74) is 1.97. The van der Waals surface area contributed by atoms with Crippen molar-refractivity contribution >= 4 is 17.5 Å². The Balaban J connectivity index is 1.70. The molecule has 0 saturated heterocycles. The van der Waals surface area contributed by atoms with Gasteiger partial charge < -0.3 is 15.2 Å². The maximum absolute atomic E-state index is 13.5. The van der Waals surface area contributed by atoms with Crippen molar-refractivity contribution in [1.29, 1.82) is 0 Å². The summed E-state index contributed by atoms with van der Waals surface area (Å²) in [6, 6.07) is 3.14. The van der Waals surface area contributed by atoms with Crippen molar-refractivity contribution < 1.29 is 18.4 Å². The van der Waals surface area contributed by atoms with E-state index >= 15 is 0 Å². The first kappa shape index (κ1) is 20.7. The molecule has 10 heteroatoms. The second-order valence-corrected chi connectivity index (χ2v) is 7.99. The number of amides is 2. The first-order valence-corrected chi connectivity index (χ1v) is 9.74. The lowest BCUT2D eigenvalue weighted by Crippen LogP contribution is -2.43. The van der Waals surface area contributed by atoms with Gasteiger partial charge in [0, 0.05) is 31.5 Å². The molecule has 8 nitrogen and oxygen atoms in total. The van der Waals surface area contributed by atoms with Gasteiger partial charge in [0.25, 0.3) is 11.8 Å². The normalized spacial score (nSPS) is 18.3. The number of carbonyl (C=O) groups excluding carboxylic acids is 2. The summed E-state index contributed by atoms with van der Waals surface area (Å²) in [7, 11) is 3.44. The quantitative estimate of drug-likeness (QED) is 0.671. The Morgan fingerprint density at radius 2 is 2.00 bits per heavy atom. The second-order valence-electron chi connectivity index (χ2n) is 7.99. The number of nitrogens with one attached hydrogen (secondary N) is 2. The number of benzene rings is 1. The fraction of sp³-hybridized carbons (Fsp3) is 0.333. The Kier molecular flexibility index (Phi) is 4.87. The molecule has 3 aromatic rings. The van der Waals surface area contributed by atoms with Gasteiger partial charge in [-0.05, 0) is 44.4 Å². The van der Waals surface area contributed by atoms with E-state index in [1.807, 2.05) is 6.92 Å². The molecule has 0 aliphatic carbocycles. The van der Waals surface area contributed by atoms with E-state index in [1.165, 1.54) is 6.07 Å². The fourth-order valence-corrected chi connectivity index (χ4v) is 4.02. The molecule has 31 heavy (non-hydrogen) atoms. The highest BCUT2D eigenvalue weighted by molar-refractivity contribution is 6.08. The van der Waals surface area contributed by atoms with Crippen molar-refractivity contribution in [2.75, 3.05) is 5.32 Å². The number of fused-ring (bicyclic) bond motifs is 1. The molecule has 1 unspecified atom stereocenters. The minimum atomic E-state index is -1.06. The number of aromatic nitrogens is 4. The van der Waals surface area contributed by atoms with Crippen molar-refractivity contribution in [2.45, 2.75) is 32.2 Å². The van der Waals surface area contributed by atoms with Crippen LogP contribution in [-0.2, 0) is 26.1 Å². The Morgan fingerprint density at radius 1 is 1.26 bits per heavy atom. The summed E-state index contributed by atoms with van der Waals surface area (Å²) in [6.45, 7) is 3.63. The van der Waals surface area contributed by atoms with Crippen LogP contribution in [-0.4, -0.2) is 31.4 Å². The Morgan fingerprint density at radius 3 is 2.65 bits per heavy atom. The van der Waals surface area contributed by atoms with Gasteiger partial charge in [0.05, 0.1) is 17.3 Å². The molecule has 4 rings (SSSR count). The molecule has 2 N–H and O–H groups in total. The van der Waals surface area contributed by atoms with E-state index in [0.29, 0.717) is 41.1 Å². The van der Waals surface area contributed by atoms with E-state index < -0.39 is 23.1 Å². The molecular weight excluding hydrogens is 406 g/mol. The zero-order valence-corrected chi connectivity index (χ0v) is 17.6. The van der Waals surface area contributed by atoms with Crippen molar-refractivity contribution in [2.24, 2.45) is 14.1 Å². The van der Waals surface area contributed by atoms with Gasteiger partial charge >= 0.3 is 0 Å². The average Bonchev–Trinajstić information content (AvgIpc) is 3.21. The molecule has 0 fully saturated rings. The molecular formula is C21H22F2N6O2. The third kappa shape index (κ3) is 3.47. The molecule has 1 aromatic carbocycles. The maximum atomic E-state index is 13.5. The van der Waals surface area contributed by atoms with Gasteiger partial charge in [0.2, 0.25) is 0 Å². The topological polar surface area (TPSA) is 93.8 Å². The number of carbonyl (C=O) groups is 2. The van der Waals surface area contributed by atoms with Gasteiger partial charge in [-0.3, -0.25) is 14.3 Å². The third-order valence-electron chi connectivity index (χ3n) is 5.84. The monoisotopic (exact) mass is 428 g/mol. The van der Waals surface area contributed by atoms with E-state index in [-0.39, 0.29) is 11.6 Å². The first-order chi connectivity index (χ1) is 14.6. The molecule has 0 radical (unpaired) electrons. The van der Waals surface area contributed by atoms with Crippen molar-refractivity contribution in [3.05, 3.63) is 64.2 Å². The number of anilines is 1. The Bertz CT molecular complexity index is 1210. The zero-order valence-electron chi connectivity index (χ0n) is 17.6. The van der Waals surface area contributed by atoms with Crippen LogP contribution in [0.4, 0.5) is 14.5 Å². The Hall–Kier alpha value is -3.56. The fourth-order valence-electron chi connectivity index (χ4n) is 4.02. The molecule has 162 valence electrons. The highest BCUT2D eigenvalue weighted by Gasteiger charge is 2.39. The van der Waals surface area contributed by atoms with Crippen molar-refractivity contribution in [3.63, 3.8) is 0 Å². The lowest BCUT2D eigenvalue weighted by Gasteiger charge is -2.26. The van der Waals surface area contributed by atoms with Gasteiger partial charge in [-0.15, -0.1) is 5.10 Å². The van der Waals surface area contributed by atoms with Gasteiger partial charge in [0.15, 0.2) is 11.6 Å². The Labute approximate surface area is 177 Å². The van der Waals surface area contributed by atoms with Crippen LogP contribution < -0.4 is 10.6 Å². The largest absolute Gasteiger partial charge is 0.343 e. The number of halogens is 2. The molecule has 0 spiro atoms. The molecule has 2 amide bonds. The van der Waals surface area contributed by atoms with E-state index in [9.17, 15) is 18.4 Å². The van der Waals surface area contributed by atoms with Crippen LogP contribution in [0, 0.1) is 18.6 Å². The summed E-state index contributed by atoms with van der Waals surface area (Å²) < 4.78 is 30.0. The van der Waals surface area contributed by atoms with Gasteiger partial charge in [-0.25, -0.2) is 8.78 Å². The molecule has 2 aromatic heterocycles. The summed E-state index contributed by atoms with van der Waals surface area (Å²) in [5.74, 6) is -2.87. The van der Waals surface area contributed by atoms with E-state index in [4.69, 9.17) is 0 Å². The lowest BCUT2D eigenvalue weighted by molar-refractivity contribution is 0.0903. The van der Waals surface area contributed by atoms with Crippen LogP contribution in [0.5, 0.6) is 0 Å². The highest BCUT2D eigenvalue weighted by atomic mass is 19.2. The minimum absolute atomic E-state index is 0.124.